The second-order valence-corrected chi connectivity index (χ2v) is 3.61. The molecule has 1 N–H and O–H groups in total. The van der Waals surface area contributed by atoms with E-state index in [1.807, 2.05) is 24.3 Å². The predicted molar refractivity (Wildman–Crippen MR) is 66.1 cm³/mol. The Balaban J connectivity index is 2.67. The van der Waals surface area contributed by atoms with Gasteiger partial charge < -0.3 is 14.8 Å². The maximum absolute atomic E-state index is 8.46. The van der Waals surface area contributed by atoms with Crippen LogP contribution in [0.2, 0.25) is 0 Å². The van der Waals surface area contributed by atoms with Gasteiger partial charge in [0.1, 0.15) is 6.07 Å². The molecule has 4 nitrogen and oxygen atoms in total. The highest BCUT2D eigenvalue weighted by Gasteiger charge is 2.05. The number of ether oxygens (including phenoxy) is 2. The molecule has 0 spiro atoms. The molecule has 0 aromatic heterocycles. The van der Waals surface area contributed by atoms with Crippen molar-refractivity contribution in [2.45, 2.75) is 19.9 Å². The molecular formula is C13H18N2O2. The number of methoxy groups -OCH3 is 1. The van der Waals surface area contributed by atoms with Gasteiger partial charge in [-0.25, -0.2) is 0 Å². The molecule has 0 saturated carbocycles. The van der Waals surface area contributed by atoms with Crippen molar-refractivity contribution in [3.8, 4) is 17.6 Å². The first-order valence-corrected chi connectivity index (χ1v) is 5.69. The first-order chi connectivity index (χ1) is 8.31. The highest BCUT2D eigenvalue weighted by atomic mass is 16.5. The van der Waals surface area contributed by atoms with Crippen LogP contribution in [0.5, 0.6) is 11.5 Å². The molecule has 0 amide bonds. The van der Waals surface area contributed by atoms with Crippen LogP contribution in [0.4, 0.5) is 0 Å². The number of nitrogens with one attached hydrogen (secondary N) is 1. The van der Waals surface area contributed by atoms with Gasteiger partial charge in [-0.15, -0.1) is 0 Å². The van der Waals surface area contributed by atoms with Crippen LogP contribution in [-0.2, 0) is 6.54 Å². The number of benzene rings is 1. The maximum Gasteiger partial charge on any atom is 0.174 e. The van der Waals surface area contributed by atoms with Crippen molar-refractivity contribution in [3.05, 3.63) is 23.8 Å². The van der Waals surface area contributed by atoms with Crippen LogP contribution in [-0.4, -0.2) is 20.3 Å². The molecular weight excluding hydrogens is 216 g/mol. The minimum atomic E-state index is 0.0315. The lowest BCUT2D eigenvalue weighted by atomic mass is 10.2. The molecule has 0 radical (unpaired) electrons. The first-order valence-electron chi connectivity index (χ1n) is 5.69. The molecule has 0 bridgehead atoms. The third-order valence-corrected chi connectivity index (χ3v) is 2.28. The van der Waals surface area contributed by atoms with Gasteiger partial charge in [0.05, 0.1) is 7.11 Å². The fourth-order valence-corrected chi connectivity index (χ4v) is 1.46. The Labute approximate surface area is 102 Å². The molecule has 1 aromatic rings. The van der Waals surface area contributed by atoms with Crippen LogP contribution in [0.3, 0.4) is 0 Å². The summed E-state index contributed by atoms with van der Waals surface area (Å²) in [4.78, 5) is 0. The quantitative estimate of drug-likeness (QED) is 0.734. The van der Waals surface area contributed by atoms with Gasteiger partial charge in [0.15, 0.2) is 18.1 Å². The molecule has 92 valence electrons. The summed E-state index contributed by atoms with van der Waals surface area (Å²) < 4.78 is 10.5. The van der Waals surface area contributed by atoms with Crippen LogP contribution in [0.25, 0.3) is 0 Å². The minimum Gasteiger partial charge on any atom is -0.493 e. The maximum atomic E-state index is 8.46. The van der Waals surface area contributed by atoms with Crippen molar-refractivity contribution in [2.24, 2.45) is 0 Å². The van der Waals surface area contributed by atoms with E-state index in [9.17, 15) is 0 Å². The van der Waals surface area contributed by atoms with Gasteiger partial charge in [-0.05, 0) is 30.7 Å². The highest BCUT2D eigenvalue weighted by Crippen LogP contribution is 2.27. The third-order valence-electron chi connectivity index (χ3n) is 2.28. The fourth-order valence-electron chi connectivity index (χ4n) is 1.46. The Kier molecular flexibility index (Phi) is 5.91. The molecule has 4 heteroatoms. The number of hydrogen-bond acceptors (Lipinski definition) is 4. The molecule has 0 atom stereocenters. The summed E-state index contributed by atoms with van der Waals surface area (Å²) in [6.07, 6.45) is 1.11. The summed E-state index contributed by atoms with van der Waals surface area (Å²) in [6, 6.07) is 7.66. The summed E-state index contributed by atoms with van der Waals surface area (Å²) >= 11 is 0. The lowest BCUT2D eigenvalue weighted by molar-refractivity contribution is 0.329. The van der Waals surface area contributed by atoms with Gasteiger partial charge in [-0.1, -0.05) is 13.0 Å². The van der Waals surface area contributed by atoms with Crippen molar-refractivity contribution >= 4 is 0 Å². The van der Waals surface area contributed by atoms with Crippen molar-refractivity contribution in [1.29, 1.82) is 5.26 Å². The number of nitriles is 1. The van der Waals surface area contributed by atoms with E-state index in [2.05, 4.69) is 12.2 Å². The van der Waals surface area contributed by atoms with Gasteiger partial charge in [-0.3, -0.25) is 0 Å². The Morgan fingerprint density at radius 3 is 2.82 bits per heavy atom. The van der Waals surface area contributed by atoms with E-state index in [-0.39, 0.29) is 6.61 Å². The summed E-state index contributed by atoms with van der Waals surface area (Å²) in [6.45, 7) is 3.97. The minimum absolute atomic E-state index is 0.0315. The van der Waals surface area contributed by atoms with E-state index in [0.717, 1.165) is 25.1 Å². The first kappa shape index (κ1) is 13.3. The number of nitrogens with zero attached hydrogens (tertiary/aromatic N) is 1. The lowest BCUT2D eigenvalue weighted by Gasteiger charge is -2.10. The van der Waals surface area contributed by atoms with Crippen LogP contribution < -0.4 is 14.8 Å². The van der Waals surface area contributed by atoms with E-state index >= 15 is 0 Å². The highest BCUT2D eigenvalue weighted by molar-refractivity contribution is 5.43. The summed E-state index contributed by atoms with van der Waals surface area (Å²) in [5.74, 6) is 1.27. The molecule has 0 aliphatic carbocycles. The van der Waals surface area contributed by atoms with E-state index < -0.39 is 0 Å². The van der Waals surface area contributed by atoms with E-state index in [0.29, 0.717) is 11.5 Å². The topological polar surface area (TPSA) is 54.3 Å². The smallest absolute Gasteiger partial charge is 0.174 e. The zero-order valence-corrected chi connectivity index (χ0v) is 10.3. The van der Waals surface area contributed by atoms with Gasteiger partial charge >= 0.3 is 0 Å². The van der Waals surface area contributed by atoms with Crippen molar-refractivity contribution in [1.82, 2.24) is 5.32 Å². The van der Waals surface area contributed by atoms with Crippen molar-refractivity contribution in [2.75, 3.05) is 20.3 Å². The van der Waals surface area contributed by atoms with E-state index in [1.54, 1.807) is 7.11 Å². The summed E-state index contributed by atoms with van der Waals surface area (Å²) in [7, 11) is 1.60. The normalized spacial score (nSPS) is 9.71. The van der Waals surface area contributed by atoms with Crippen LogP contribution in [0.1, 0.15) is 18.9 Å². The number of rotatable bonds is 7. The second kappa shape index (κ2) is 7.53. The molecule has 17 heavy (non-hydrogen) atoms. The standard InChI is InChI=1S/C13H18N2O2/c1-3-7-15-10-11-4-5-12(17-8-6-14)13(9-11)16-2/h4-5,9,15H,3,7-8,10H2,1-2H3. The Morgan fingerprint density at radius 2 is 2.18 bits per heavy atom. The third kappa shape index (κ3) is 4.33. The Morgan fingerprint density at radius 1 is 1.35 bits per heavy atom. The van der Waals surface area contributed by atoms with Gasteiger partial charge in [0.2, 0.25) is 0 Å². The average molecular weight is 234 g/mol. The van der Waals surface area contributed by atoms with Gasteiger partial charge in [0.25, 0.3) is 0 Å². The fraction of sp³-hybridized carbons (Fsp3) is 0.462. The van der Waals surface area contributed by atoms with Gasteiger partial charge in [-0.2, -0.15) is 5.26 Å². The zero-order valence-electron chi connectivity index (χ0n) is 10.3. The van der Waals surface area contributed by atoms with Gasteiger partial charge in [0, 0.05) is 6.54 Å². The van der Waals surface area contributed by atoms with Crippen LogP contribution in [0, 0.1) is 11.3 Å². The molecule has 0 saturated heterocycles. The second-order valence-electron chi connectivity index (χ2n) is 3.61. The molecule has 0 unspecified atom stereocenters. The lowest BCUT2D eigenvalue weighted by Crippen LogP contribution is -2.13. The van der Waals surface area contributed by atoms with Crippen LogP contribution >= 0.6 is 0 Å². The number of hydrogen-bond donors (Lipinski definition) is 1. The molecule has 0 aliphatic rings. The molecule has 1 rings (SSSR count). The summed E-state index contributed by atoms with van der Waals surface area (Å²) in [5.41, 5.74) is 1.14. The predicted octanol–water partition coefficient (Wildman–Crippen LogP) is 2.10. The monoisotopic (exact) mass is 234 g/mol. The molecule has 0 fully saturated rings. The van der Waals surface area contributed by atoms with Crippen molar-refractivity contribution < 1.29 is 9.47 Å². The molecule has 0 heterocycles. The molecule has 1 aromatic carbocycles. The Hall–Kier alpha value is -1.73. The molecule has 0 aliphatic heterocycles. The zero-order chi connectivity index (χ0) is 12.5. The van der Waals surface area contributed by atoms with E-state index in [4.69, 9.17) is 14.7 Å². The Bertz CT molecular complexity index is 385. The SMILES string of the molecule is CCCNCc1ccc(OCC#N)c(OC)c1. The van der Waals surface area contributed by atoms with Crippen LogP contribution in [0.15, 0.2) is 18.2 Å². The van der Waals surface area contributed by atoms with Crippen molar-refractivity contribution in [3.63, 3.8) is 0 Å². The van der Waals surface area contributed by atoms with E-state index in [1.165, 1.54) is 0 Å². The average Bonchev–Trinajstić information content (AvgIpc) is 2.37. The summed E-state index contributed by atoms with van der Waals surface area (Å²) in [5, 5.41) is 11.8. The largest absolute Gasteiger partial charge is 0.493 e.